The highest BCUT2D eigenvalue weighted by atomic mass is 19.4. The molecule has 2 aromatic rings. The maximum Gasteiger partial charge on any atom is 0.416 e. The molecule has 0 fully saturated rings. The Kier molecular flexibility index (Phi) is 6.29. The number of rotatable bonds is 5. The van der Waals surface area contributed by atoms with E-state index in [4.69, 9.17) is 4.52 Å². The highest BCUT2D eigenvalue weighted by molar-refractivity contribution is 5.90. The van der Waals surface area contributed by atoms with Gasteiger partial charge in [0.1, 0.15) is 0 Å². The third-order valence-corrected chi connectivity index (χ3v) is 3.80. The summed E-state index contributed by atoms with van der Waals surface area (Å²) in [5.74, 6) is 0.0507. The summed E-state index contributed by atoms with van der Waals surface area (Å²) >= 11 is 0. The molecule has 0 saturated heterocycles. The first-order valence-electron chi connectivity index (χ1n) is 8.58. The van der Waals surface area contributed by atoms with Gasteiger partial charge in [-0.05, 0) is 24.6 Å². The molecule has 0 aliphatic heterocycles. The number of hydrogen-bond donors (Lipinski definition) is 1. The second-order valence-corrected chi connectivity index (χ2v) is 7.46. The van der Waals surface area contributed by atoms with E-state index in [1.807, 2.05) is 20.8 Å². The molecular formula is C18H19F6N3O2. The fourth-order valence-electron chi connectivity index (χ4n) is 2.31. The number of carbonyl (C=O) groups is 1. The van der Waals surface area contributed by atoms with Crippen LogP contribution in [-0.4, -0.2) is 16.0 Å². The second-order valence-electron chi connectivity index (χ2n) is 7.46. The van der Waals surface area contributed by atoms with Gasteiger partial charge >= 0.3 is 12.4 Å². The predicted molar refractivity (Wildman–Crippen MR) is 91.0 cm³/mol. The van der Waals surface area contributed by atoms with Crippen molar-refractivity contribution in [3.63, 3.8) is 0 Å². The van der Waals surface area contributed by atoms with Crippen LogP contribution in [0.25, 0.3) is 0 Å². The van der Waals surface area contributed by atoms with Gasteiger partial charge in [0.2, 0.25) is 11.8 Å². The smallest absolute Gasteiger partial charge is 0.339 e. The number of halogens is 6. The Balaban J connectivity index is 2.02. The number of aryl methyl sites for hydroxylation is 1. The fraction of sp³-hybridized carbons (Fsp3) is 0.500. The van der Waals surface area contributed by atoms with Crippen LogP contribution in [0.3, 0.4) is 0 Å². The Labute approximate surface area is 162 Å². The van der Waals surface area contributed by atoms with Crippen molar-refractivity contribution in [1.29, 1.82) is 0 Å². The molecule has 1 aromatic heterocycles. The lowest BCUT2D eigenvalue weighted by Crippen LogP contribution is -2.16. The first-order valence-corrected chi connectivity index (χ1v) is 8.58. The highest BCUT2D eigenvalue weighted by Gasteiger charge is 2.37. The highest BCUT2D eigenvalue weighted by Crippen LogP contribution is 2.37. The molecule has 160 valence electrons. The number of anilines is 1. The molecule has 0 saturated carbocycles. The van der Waals surface area contributed by atoms with E-state index < -0.39 is 35.1 Å². The molecule has 0 aliphatic carbocycles. The molecule has 0 atom stereocenters. The molecule has 0 unspecified atom stereocenters. The third kappa shape index (κ3) is 6.47. The minimum atomic E-state index is -4.98. The van der Waals surface area contributed by atoms with Crippen molar-refractivity contribution in [2.45, 2.75) is 57.8 Å². The Morgan fingerprint density at radius 2 is 1.55 bits per heavy atom. The van der Waals surface area contributed by atoms with Crippen molar-refractivity contribution in [1.82, 2.24) is 10.1 Å². The summed E-state index contributed by atoms with van der Waals surface area (Å²) in [6.45, 7) is 5.66. The van der Waals surface area contributed by atoms with Crippen molar-refractivity contribution >= 4 is 11.6 Å². The number of nitrogens with one attached hydrogen (secondary N) is 1. The zero-order valence-corrected chi connectivity index (χ0v) is 15.8. The van der Waals surface area contributed by atoms with E-state index in [0.717, 1.165) is 0 Å². The van der Waals surface area contributed by atoms with Crippen molar-refractivity contribution in [2.75, 3.05) is 5.32 Å². The number of amides is 1. The van der Waals surface area contributed by atoms with Gasteiger partial charge in [-0.15, -0.1) is 0 Å². The van der Waals surface area contributed by atoms with Gasteiger partial charge < -0.3 is 9.84 Å². The van der Waals surface area contributed by atoms with Crippen molar-refractivity contribution < 1.29 is 35.7 Å². The van der Waals surface area contributed by atoms with E-state index in [0.29, 0.717) is 23.8 Å². The SMILES string of the molecule is CC(C)(C)c1noc(CCCC(=O)Nc2cc(C(F)(F)F)cc(C(F)(F)F)c2)n1. The first kappa shape index (κ1) is 22.7. The van der Waals surface area contributed by atoms with Crippen molar-refractivity contribution in [3.8, 4) is 0 Å². The molecule has 5 nitrogen and oxygen atoms in total. The Hall–Kier alpha value is -2.59. The van der Waals surface area contributed by atoms with Gasteiger partial charge in [-0.3, -0.25) is 4.79 Å². The van der Waals surface area contributed by atoms with E-state index in [1.54, 1.807) is 0 Å². The molecule has 2 rings (SSSR count). The minimum Gasteiger partial charge on any atom is -0.339 e. The van der Waals surface area contributed by atoms with Crippen LogP contribution in [0.4, 0.5) is 32.0 Å². The van der Waals surface area contributed by atoms with Crippen molar-refractivity contribution in [3.05, 3.63) is 41.0 Å². The maximum atomic E-state index is 12.8. The Bertz CT molecular complexity index is 833. The van der Waals surface area contributed by atoms with Gasteiger partial charge in [0.15, 0.2) is 5.82 Å². The topological polar surface area (TPSA) is 68.0 Å². The Morgan fingerprint density at radius 1 is 1.00 bits per heavy atom. The number of hydrogen-bond acceptors (Lipinski definition) is 4. The number of nitrogens with zero attached hydrogens (tertiary/aromatic N) is 2. The van der Waals surface area contributed by atoms with Crippen LogP contribution in [0.2, 0.25) is 0 Å². The first-order chi connectivity index (χ1) is 13.2. The van der Waals surface area contributed by atoms with Crippen LogP contribution in [0.1, 0.15) is 56.5 Å². The molecule has 1 aromatic carbocycles. The molecule has 0 aliphatic rings. The predicted octanol–water partition coefficient (Wildman–Crippen LogP) is 5.37. The number of alkyl halides is 6. The van der Waals surface area contributed by atoms with E-state index >= 15 is 0 Å². The number of benzene rings is 1. The van der Waals surface area contributed by atoms with Gasteiger partial charge in [0, 0.05) is 23.9 Å². The molecule has 29 heavy (non-hydrogen) atoms. The van der Waals surface area contributed by atoms with Gasteiger partial charge in [-0.1, -0.05) is 25.9 Å². The van der Waals surface area contributed by atoms with Crippen LogP contribution in [0.5, 0.6) is 0 Å². The fourth-order valence-corrected chi connectivity index (χ4v) is 2.31. The quantitative estimate of drug-likeness (QED) is 0.657. The molecule has 1 N–H and O–H groups in total. The monoisotopic (exact) mass is 423 g/mol. The van der Waals surface area contributed by atoms with Crippen LogP contribution in [0.15, 0.2) is 22.7 Å². The third-order valence-electron chi connectivity index (χ3n) is 3.80. The van der Waals surface area contributed by atoms with E-state index in [9.17, 15) is 31.1 Å². The summed E-state index contributed by atoms with van der Waals surface area (Å²) in [4.78, 5) is 16.1. The van der Waals surface area contributed by atoms with Crippen LogP contribution < -0.4 is 5.32 Å². The van der Waals surface area contributed by atoms with Crippen molar-refractivity contribution in [2.24, 2.45) is 0 Å². The summed E-state index contributed by atoms with van der Waals surface area (Å²) in [5.41, 5.74) is -3.89. The molecule has 0 bridgehead atoms. The average molecular weight is 423 g/mol. The molecule has 11 heteroatoms. The van der Waals surface area contributed by atoms with E-state index in [1.165, 1.54) is 0 Å². The summed E-state index contributed by atoms with van der Waals surface area (Å²) in [6, 6.07) is 0.916. The molecule has 0 radical (unpaired) electrons. The van der Waals surface area contributed by atoms with Gasteiger partial charge in [-0.2, -0.15) is 31.3 Å². The van der Waals surface area contributed by atoms with Crippen LogP contribution >= 0.6 is 0 Å². The van der Waals surface area contributed by atoms with E-state index in [2.05, 4.69) is 15.5 Å². The average Bonchev–Trinajstić information content (AvgIpc) is 3.02. The summed E-state index contributed by atoms with van der Waals surface area (Å²) in [7, 11) is 0. The molecule has 0 spiro atoms. The lowest BCUT2D eigenvalue weighted by Gasteiger charge is -2.14. The number of aromatic nitrogens is 2. The Morgan fingerprint density at radius 3 is 2.00 bits per heavy atom. The van der Waals surface area contributed by atoms with Gasteiger partial charge in [0.25, 0.3) is 0 Å². The summed E-state index contributed by atoms with van der Waals surface area (Å²) < 4.78 is 82.1. The van der Waals surface area contributed by atoms with Crippen LogP contribution in [-0.2, 0) is 29.0 Å². The molecular weight excluding hydrogens is 404 g/mol. The summed E-state index contributed by atoms with van der Waals surface area (Å²) in [5, 5.41) is 5.90. The molecule has 1 heterocycles. The minimum absolute atomic E-state index is 0.00195. The maximum absolute atomic E-state index is 12.8. The molecule has 1 amide bonds. The zero-order valence-electron chi connectivity index (χ0n) is 15.8. The lowest BCUT2D eigenvalue weighted by molar-refractivity contribution is -0.143. The summed E-state index contributed by atoms with van der Waals surface area (Å²) in [6.07, 6.45) is -9.65. The lowest BCUT2D eigenvalue weighted by atomic mass is 9.96. The normalized spacial score (nSPS) is 12.9. The van der Waals surface area contributed by atoms with Gasteiger partial charge in [0.05, 0.1) is 11.1 Å². The largest absolute Gasteiger partial charge is 0.416 e. The van der Waals surface area contributed by atoms with Crippen LogP contribution in [0, 0.1) is 0 Å². The van der Waals surface area contributed by atoms with Gasteiger partial charge in [-0.25, -0.2) is 0 Å². The van der Waals surface area contributed by atoms with E-state index in [-0.39, 0.29) is 30.7 Å². The standard InChI is InChI=1S/C18H19F6N3O2/c1-16(2,3)15-26-14(29-27-15)6-4-5-13(28)25-12-8-10(17(19,20)21)7-11(9-12)18(22,23)24/h7-9H,4-6H2,1-3H3,(H,25,28). The zero-order chi connectivity index (χ0) is 22.0. The number of carbonyl (C=O) groups excluding carboxylic acids is 1. The second kappa shape index (κ2) is 8.03.